The number of benzene rings is 1. The standard InChI is InChI=1S/C26H28ClN5O4/c1-7-8-16-9-12-20(28-15-16)22(34)29-17-10-11-19(27)18(13-17)26(5)14-21(33)32(6)23(31-26)30-24(35)36-25(2,3)4/h9-13,15H,14H2,1-6H3,(H,29,34)(H,30,31,35). The van der Waals surface area contributed by atoms with Crippen LogP contribution in [0.3, 0.4) is 0 Å². The molecule has 3 amide bonds. The summed E-state index contributed by atoms with van der Waals surface area (Å²) in [6, 6.07) is 8.21. The van der Waals surface area contributed by atoms with Gasteiger partial charge in [-0.2, -0.15) is 0 Å². The molecule has 1 aromatic carbocycles. The Hall–Kier alpha value is -3.90. The Labute approximate surface area is 215 Å². The third-order valence-corrected chi connectivity index (χ3v) is 5.55. The van der Waals surface area contributed by atoms with Gasteiger partial charge in [-0.15, -0.1) is 5.92 Å². The van der Waals surface area contributed by atoms with E-state index in [-0.39, 0.29) is 24.0 Å². The molecule has 1 unspecified atom stereocenters. The molecule has 9 nitrogen and oxygen atoms in total. The van der Waals surface area contributed by atoms with E-state index in [2.05, 4.69) is 32.5 Å². The van der Waals surface area contributed by atoms with Gasteiger partial charge in [0.15, 0.2) is 0 Å². The zero-order valence-electron chi connectivity index (χ0n) is 21.0. The van der Waals surface area contributed by atoms with Crippen LogP contribution in [0, 0.1) is 11.8 Å². The van der Waals surface area contributed by atoms with Crippen LogP contribution in [0.2, 0.25) is 5.02 Å². The highest BCUT2D eigenvalue weighted by Gasteiger charge is 2.39. The fourth-order valence-electron chi connectivity index (χ4n) is 3.50. The van der Waals surface area contributed by atoms with E-state index in [4.69, 9.17) is 16.3 Å². The molecule has 0 radical (unpaired) electrons. The van der Waals surface area contributed by atoms with Crippen LogP contribution < -0.4 is 10.6 Å². The summed E-state index contributed by atoms with van der Waals surface area (Å²) >= 11 is 6.50. The van der Waals surface area contributed by atoms with Gasteiger partial charge in [0.25, 0.3) is 5.91 Å². The average Bonchev–Trinajstić information content (AvgIpc) is 2.78. The highest BCUT2D eigenvalue weighted by Crippen LogP contribution is 2.38. The molecule has 1 aliphatic heterocycles. The van der Waals surface area contributed by atoms with Crippen LogP contribution >= 0.6 is 11.6 Å². The molecule has 1 aliphatic rings. The first kappa shape index (κ1) is 26.7. The van der Waals surface area contributed by atoms with Gasteiger partial charge in [-0.25, -0.2) is 14.8 Å². The topological polar surface area (TPSA) is 113 Å². The lowest BCUT2D eigenvalue weighted by Crippen LogP contribution is -2.52. The fourth-order valence-corrected chi connectivity index (χ4v) is 3.82. The average molecular weight is 510 g/mol. The van der Waals surface area contributed by atoms with E-state index in [1.54, 1.807) is 65.0 Å². The minimum Gasteiger partial charge on any atom is -0.444 e. The van der Waals surface area contributed by atoms with Crippen molar-refractivity contribution in [2.75, 3.05) is 12.4 Å². The first-order valence-corrected chi connectivity index (χ1v) is 11.6. The lowest BCUT2D eigenvalue weighted by Gasteiger charge is -2.35. The van der Waals surface area contributed by atoms with Crippen LogP contribution in [-0.4, -0.2) is 46.4 Å². The molecule has 36 heavy (non-hydrogen) atoms. The van der Waals surface area contributed by atoms with Crippen molar-refractivity contribution in [2.24, 2.45) is 4.99 Å². The predicted molar refractivity (Wildman–Crippen MR) is 138 cm³/mol. The van der Waals surface area contributed by atoms with Gasteiger partial charge < -0.3 is 10.1 Å². The lowest BCUT2D eigenvalue weighted by atomic mass is 9.87. The number of pyridine rings is 1. The molecule has 188 valence electrons. The largest absolute Gasteiger partial charge is 0.444 e. The van der Waals surface area contributed by atoms with Gasteiger partial charge in [0.2, 0.25) is 11.9 Å². The van der Waals surface area contributed by atoms with E-state index >= 15 is 0 Å². The SMILES string of the molecule is CC#Cc1ccc(C(=O)Nc2ccc(Cl)c(C3(C)CC(=O)N(C)C(NC(=O)OC(C)(C)C)=N3)c2)nc1. The van der Waals surface area contributed by atoms with Gasteiger partial charge in [0.05, 0.1) is 12.0 Å². The van der Waals surface area contributed by atoms with Crippen molar-refractivity contribution in [3.8, 4) is 11.8 Å². The van der Waals surface area contributed by atoms with Gasteiger partial charge in [-0.3, -0.25) is 19.8 Å². The molecule has 10 heteroatoms. The fraction of sp³-hybridized carbons (Fsp3) is 0.346. The second kappa shape index (κ2) is 10.4. The maximum atomic E-state index is 12.8. The number of amides is 3. The number of alkyl carbamates (subject to hydrolysis) is 1. The van der Waals surface area contributed by atoms with Crippen LogP contribution in [0.15, 0.2) is 41.5 Å². The summed E-state index contributed by atoms with van der Waals surface area (Å²) in [7, 11) is 1.51. The summed E-state index contributed by atoms with van der Waals surface area (Å²) in [4.78, 5) is 47.9. The normalized spacial score (nSPS) is 17.5. The minimum absolute atomic E-state index is 0.00159. The van der Waals surface area contributed by atoms with Crippen molar-refractivity contribution in [1.29, 1.82) is 0 Å². The molecule has 1 atom stereocenters. The van der Waals surface area contributed by atoms with E-state index in [0.29, 0.717) is 21.8 Å². The Morgan fingerprint density at radius 1 is 1.19 bits per heavy atom. The van der Waals surface area contributed by atoms with Crippen LogP contribution in [0.25, 0.3) is 0 Å². The number of nitrogens with zero attached hydrogens (tertiary/aromatic N) is 3. The van der Waals surface area contributed by atoms with Gasteiger partial charge in [-0.1, -0.05) is 17.5 Å². The quantitative estimate of drug-likeness (QED) is 0.598. The van der Waals surface area contributed by atoms with Crippen LogP contribution in [0.4, 0.5) is 10.5 Å². The van der Waals surface area contributed by atoms with E-state index in [9.17, 15) is 14.4 Å². The number of nitrogens with one attached hydrogen (secondary N) is 2. The molecule has 3 rings (SSSR count). The summed E-state index contributed by atoms with van der Waals surface area (Å²) in [6.07, 6.45) is 0.792. The molecule has 2 N–H and O–H groups in total. The monoisotopic (exact) mass is 509 g/mol. The van der Waals surface area contributed by atoms with Crippen molar-refractivity contribution in [2.45, 2.75) is 52.2 Å². The molecule has 0 fully saturated rings. The molecule has 1 aromatic heterocycles. The smallest absolute Gasteiger partial charge is 0.414 e. The number of halogens is 1. The number of hydrogen-bond acceptors (Lipinski definition) is 6. The van der Waals surface area contributed by atoms with Crippen molar-refractivity contribution >= 4 is 41.2 Å². The Morgan fingerprint density at radius 2 is 1.92 bits per heavy atom. The summed E-state index contributed by atoms with van der Waals surface area (Å²) in [6.45, 7) is 8.65. The van der Waals surface area contributed by atoms with Crippen LogP contribution in [0.5, 0.6) is 0 Å². The molecule has 0 saturated heterocycles. The third-order valence-electron chi connectivity index (χ3n) is 5.22. The van der Waals surface area contributed by atoms with Crippen molar-refractivity contribution in [3.63, 3.8) is 0 Å². The summed E-state index contributed by atoms with van der Waals surface area (Å²) < 4.78 is 5.29. The Balaban J connectivity index is 1.89. The van der Waals surface area contributed by atoms with Crippen LogP contribution in [0.1, 0.15) is 62.7 Å². The van der Waals surface area contributed by atoms with Crippen molar-refractivity contribution < 1.29 is 19.1 Å². The van der Waals surface area contributed by atoms with Crippen molar-refractivity contribution in [3.05, 3.63) is 58.4 Å². The Bertz CT molecular complexity index is 1290. The highest BCUT2D eigenvalue weighted by atomic mass is 35.5. The van der Waals surface area contributed by atoms with Gasteiger partial charge in [0, 0.05) is 35.1 Å². The lowest BCUT2D eigenvalue weighted by molar-refractivity contribution is -0.128. The molecule has 0 aliphatic carbocycles. The maximum Gasteiger partial charge on any atom is 0.414 e. The number of carbonyl (C=O) groups excluding carboxylic acids is 3. The van der Waals surface area contributed by atoms with Gasteiger partial charge >= 0.3 is 6.09 Å². The Morgan fingerprint density at radius 3 is 2.53 bits per heavy atom. The number of guanidine groups is 1. The minimum atomic E-state index is -1.11. The van der Waals surface area contributed by atoms with Gasteiger partial charge in [-0.05, 0) is 65.0 Å². The number of hydrogen-bond donors (Lipinski definition) is 2. The first-order chi connectivity index (χ1) is 16.8. The Kier molecular flexibility index (Phi) is 7.70. The second-order valence-electron chi connectivity index (χ2n) is 9.42. The molecule has 2 heterocycles. The van der Waals surface area contributed by atoms with E-state index in [1.165, 1.54) is 18.1 Å². The van der Waals surface area contributed by atoms with E-state index < -0.39 is 23.1 Å². The summed E-state index contributed by atoms with van der Waals surface area (Å²) in [5.74, 6) is 4.99. The first-order valence-electron chi connectivity index (χ1n) is 11.2. The van der Waals surface area contributed by atoms with E-state index in [0.717, 1.165) is 0 Å². The molecule has 2 aromatic rings. The molecular weight excluding hydrogens is 482 g/mol. The summed E-state index contributed by atoms with van der Waals surface area (Å²) in [5, 5.41) is 5.69. The highest BCUT2D eigenvalue weighted by molar-refractivity contribution is 6.31. The summed E-state index contributed by atoms with van der Waals surface area (Å²) in [5.41, 5.74) is 0.0490. The zero-order valence-corrected chi connectivity index (χ0v) is 21.8. The van der Waals surface area contributed by atoms with Crippen LogP contribution in [-0.2, 0) is 15.1 Å². The third kappa shape index (κ3) is 6.40. The number of ether oxygens (including phenoxy) is 1. The maximum absolute atomic E-state index is 12.8. The number of aromatic nitrogens is 1. The van der Waals surface area contributed by atoms with Crippen molar-refractivity contribution in [1.82, 2.24) is 15.2 Å². The molecular formula is C26H28ClN5O4. The number of aliphatic imine (C=N–C) groups is 1. The second-order valence-corrected chi connectivity index (χ2v) is 9.83. The number of anilines is 1. The molecule has 0 saturated carbocycles. The number of carbonyl (C=O) groups is 3. The van der Waals surface area contributed by atoms with Gasteiger partial charge in [0.1, 0.15) is 11.3 Å². The predicted octanol–water partition coefficient (Wildman–Crippen LogP) is 4.32. The van der Waals surface area contributed by atoms with E-state index in [1.807, 2.05) is 0 Å². The molecule has 0 spiro atoms. The number of rotatable bonds is 3. The molecule has 0 bridgehead atoms. The zero-order chi connectivity index (χ0) is 26.7.